The quantitative estimate of drug-likeness (QED) is 0.669. The van der Waals surface area contributed by atoms with E-state index in [1.165, 1.54) is 0 Å². The van der Waals surface area contributed by atoms with Crippen molar-refractivity contribution in [3.05, 3.63) is 11.8 Å². The summed E-state index contributed by atoms with van der Waals surface area (Å²) in [7, 11) is 2.77. The summed E-state index contributed by atoms with van der Waals surface area (Å²) in [6, 6.07) is 1.63. The molecular weight excluding hydrogens is 354 g/mol. The summed E-state index contributed by atoms with van der Waals surface area (Å²) in [4.78, 5) is 20.2. The summed E-state index contributed by atoms with van der Waals surface area (Å²) in [5, 5.41) is 17.9. The van der Waals surface area contributed by atoms with Crippen molar-refractivity contribution in [2.45, 2.75) is 77.1 Å². The molecule has 3 rings (SSSR count). The van der Waals surface area contributed by atoms with E-state index in [4.69, 9.17) is 9.52 Å². The minimum absolute atomic E-state index is 0.0395. The van der Waals surface area contributed by atoms with Crippen LogP contribution >= 0.6 is 0 Å². The molecule has 152 valence electrons. The molecule has 0 saturated carbocycles. The van der Waals surface area contributed by atoms with Crippen LogP contribution in [0.15, 0.2) is 15.6 Å². The number of β-amino-alcohol motifs (C(OH)–C–C–N with tert-alkyl or cyclic N) is 1. The summed E-state index contributed by atoms with van der Waals surface area (Å²) in [6.45, 7) is 12.7. The molecule has 3 heterocycles. The number of rotatable bonds is 5. The largest absolute Gasteiger partial charge is 0.391 e. The number of likely N-dealkylation sites (tertiary alicyclic amines) is 1. The van der Waals surface area contributed by atoms with Crippen molar-refractivity contribution in [1.82, 2.24) is 15.4 Å². The molecule has 2 aliphatic heterocycles. The first-order chi connectivity index (χ1) is 13.0. The lowest BCUT2D eigenvalue weighted by Crippen LogP contribution is -2.54. The topological polar surface area (TPSA) is 91.0 Å². The zero-order valence-corrected chi connectivity index (χ0v) is 18.1. The number of amides is 1. The van der Waals surface area contributed by atoms with Crippen molar-refractivity contribution in [3.63, 3.8) is 0 Å². The number of carbonyl (C=O) groups excluding carboxylic acids is 1. The molecule has 1 fully saturated rings. The van der Waals surface area contributed by atoms with Crippen LogP contribution in [0.3, 0.4) is 0 Å². The van der Waals surface area contributed by atoms with Crippen molar-refractivity contribution in [3.8, 4) is 0 Å². The second-order valence-electron chi connectivity index (χ2n) is 9.50. The van der Waals surface area contributed by atoms with Gasteiger partial charge in [-0.15, -0.1) is 0 Å². The summed E-state index contributed by atoms with van der Waals surface area (Å²) in [6.07, 6.45) is -0.0652. The Bertz CT molecular complexity index is 775. The van der Waals surface area contributed by atoms with Gasteiger partial charge in [0.1, 0.15) is 24.7 Å². The number of hydrogen-bond donors (Lipinski definition) is 2. The molecule has 0 aliphatic carbocycles. The predicted octanol–water partition coefficient (Wildman–Crippen LogP) is -0.455. The van der Waals surface area contributed by atoms with Crippen LogP contribution in [0.2, 0.25) is 0 Å². The van der Waals surface area contributed by atoms with Crippen LogP contribution in [0.4, 0.5) is 0 Å². The molecule has 1 aromatic rings. The molecule has 2 unspecified atom stereocenters. The van der Waals surface area contributed by atoms with Gasteiger partial charge in [0, 0.05) is 18.6 Å². The van der Waals surface area contributed by atoms with Gasteiger partial charge >= 0.3 is 0 Å². The highest BCUT2D eigenvalue weighted by Crippen LogP contribution is 2.35. The minimum Gasteiger partial charge on any atom is -0.391 e. The van der Waals surface area contributed by atoms with Crippen LogP contribution in [0.1, 0.15) is 59.6 Å². The molecule has 0 radical (unpaired) electrons. The fraction of sp³-hybridized carbons (Fsp3) is 0.737. The zero-order chi connectivity index (χ0) is 20.9. The van der Waals surface area contributed by atoms with Crippen LogP contribution < -0.4 is 10.9 Å². The van der Waals surface area contributed by atoms with Gasteiger partial charge in [0.05, 0.1) is 31.0 Å². The van der Waals surface area contributed by atoms with E-state index in [0.29, 0.717) is 18.7 Å². The molecule has 0 bridgehead atoms. The van der Waals surface area contributed by atoms with Crippen LogP contribution in [0.25, 0.3) is 0 Å². The Kier molecular flexibility index (Phi) is 5.42. The molecule has 7 nitrogen and oxygen atoms in total. The lowest BCUT2D eigenvalue weighted by atomic mass is 9.53. The number of carbonyl (C=O) groups is 1. The van der Waals surface area contributed by atoms with E-state index in [-0.39, 0.29) is 28.9 Å². The monoisotopic (exact) mass is 386 g/mol. The number of aliphatic imine (C=N–C) groups is 1. The van der Waals surface area contributed by atoms with Crippen molar-refractivity contribution < 1.29 is 14.4 Å². The van der Waals surface area contributed by atoms with Crippen molar-refractivity contribution >= 4 is 32.2 Å². The predicted molar refractivity (Wildman–Crippen MR) is 114 cm³/mol. The molecule has 28 heavy (non-hydrogen) atoms. The Morgan fingerprint density at radius 1 is 1.43 bits per heavy atom. The van der Waals surface area contributed by atoms with E-state index in [1.54, 1.807) is 4.90 Å². The fourth-order valence-corrected chi connectivity index (χ4v) is 3.97. The molecule has 1 aromatic heterocycles. The second kappa shape index (κ2) is 7.25. The number of hydrogen-bond acceptors (Lipinski definition) is 6. The minimum atomic E-state index is -0.556. The lowest BCUT2D eigenvalue weighted by Gasteiger charge is -2.33. The summed E-state index contributed by atoms with van der Waals surface area (Å²) < 4.78 is 5.51. The normalized spacial score (nSPS) is 26.9. The van der Waals surface area contributed by atoms with Gasteiger partial charge in [-0.05, 0) is 39.7 Å². The number of nitrogens with zero attached hydrogens (tertiary/aromatic N) is 3. The number of nitrogens with one attached hydrogen (secondary N) is 1. The number of amidine groups is 1. The Morgan fingerprint density at radius 3 is 2.61 bits per heavy atom. The van der Waals surface area contributed by atoms with E-state index in [2.05, 4.69) is 38.2 Å². The lowest BCUT2D eigenvalue weighted by molar-refractivity contribution is -0.134. The maximum atomic E-state index is 13.6. The first kappa shape index (κ1) is 21.0. The summed E-state index contributed by atoms with van der Waals surface area (Å²) >= 11 is 0. The molecule has 1 amide bonds. The second-order valence-corrected chi connectivity index (χ2v) is 9.50. The SMILES string of the molecule is BBc1cc(C(C(=O)N2C[C@H](O)CC2C2=NC(C)(C)C(C)(C)N2)C(C)C)on1. The van der Waals surface area contributed by atoms with Gasteiger partial charge in [0.25, 0.3) is 0 Å². The average Bonchev–Trinajstić information content (AvgIpc) is 3.24. The maximum Gasteiger partial charge on any atom is 0.234 e. The van der Waals surface area contributed by atoms with Crippen molar-refractivity contribution in [2.24, 2.45) is 10.9 Å². The van der Waals surface area contributed by atoms with E-state index < -0.39 is 12.0 Å². The molecule has 0 aromatic carbocycles. The van der Waals surface area contributed by atoms with Crippen LogP contribution in [0.5, 0.6) is 0 Å². The third-order valence-corrected chi connectivity index (χ3v) is 6.43. The Labute approximate surface area is 169 Å². The number of aliphatic hydroxyl groups excluding tert-OH is 1. The van der Waals surface area contributed by atoms with E-state index in [0.717, 1.165) is 18.6 Å². The molecule has 9 heteroatoms. The van der Waals surface area contributed by atoms with E-state index in [9.17, 15) is 9.90 Å². The Hall–Kier alpha value is -1.76. The van der Waals surface area contributed by atoms with Gasteiger partial charge in [-0.3, -0.25) is 9.79 Å². The average molecular weight is 386 g/mol. The molecular formula is C19H32B2N4O3. The van der Waals surface area contributed by atoms with Gasteiger partial charge < -0.3 is 19.8 Å². The van der Waals surface area contributed by atoms with Gasteiger partial charge in [-0.1, -0.05) is 19.0 Å². The first-order valence-electron chi connectivity index (χ1n) is 10.3. The number of aliphatic hydroxyl groups is 1. The Morgan fingerprint density at radius 2 is 2.11 bits per heavy atom. The number of aromatic nitrogens is 1. The molecule has 3 atom stereocenters. The van der Waals surface area contributed by atoms with Crippen LogP contribution in [0, 0.1) is 5.92 Å². The highest BCUT2D eigenvalue weighted by atomic mass is 16.5. The molecule has 0 spiro atoms. The highest BCUT2D eigenvalue weighted by Gasteiger charge is 2.49. The standard InChI is InChI=1S/C19H32B2N4O3/c1-10(2)15(13-8-14(21-20)24-28-13)17(27)25-9-11(26)7-12(25)16-22-18(3,4)19(5,6)23-16/h8,10-12,15,21,26H,7,9,20H2,1-6H3,(H,22,23)/t11-,12?,15?/m1/s1. The third kappa shape index (κ3) is 3.61. The third-order valence-electron chi connectivity index (χ3n) is 6.43. The van der Waals surface area contributed by atoms with E-state index >= 15 is 0 Å². The summed E-state index contributed by atoms with van der Waals surface area (Å²) in [5.74, 6) is 0.967. The van der Waals surface area contributed by atoms with Crippen LogP contribution in [-0.4, -0.2) is 71.6 Å². The van der Waals surface area contributed by atoms with Gasteiger partial charge in [0.2, 0.25) is 5.91 Å². The smallest absolute Gasteiger partial charge is 0.234 e. The van der Waals surface area contributed by atoms with Gasteiger partial charge in [-0.25, -0.2) is 0 Å². The van der Waals surface area contributed by atoms with Crippen LogP contribution in [-0.2, 0) is 4.79 Å². The molecule has 2 N–H and O–H groups in total. The Balaban J connectivity index is 1.90. The highest BCUT2D eigenvalue weighted by molar-refractivity contribution is 6.97. The molecule has 2 aliphatic rings. The maximum absolute atomic E-state index is 13.6. The zero-order valence-electron chi connectivity index (χ0n) is 18.1. The van der Waals surface area contributed by atoms with Gasteiger partial charge in [-0.2, -0.15) is 0 Å². The van der Waals surface area contributed by atoms with E-state index in [1.807, 2.05) is 27.7 Å². The molecule has 1 saturated heterocycles. The summed E-state index contributed by atoms with van der Waals surface area (Å²) in [5.41, 5.74) is 0.336. The fourth-order valence-electron chi connectivity index (χ4n) is 3.97. The van der Waals surface area contributed by atoms with Gasteiger partial charge in [0.15, 0.2) is 0 Å². The van der Waals surface area contributed by atoms with Crippen molar-refractivity contribution in [2.75, 3.05) is 6.54 Å². The van der Waals surface area contributed by atoms with Crippen molar-refractivity contribution in [1.29, 1.82) is 0 Å². The first-order valence-corrected chi connectivity index (χ1v) is 10.3.